The molecule has 1 amide bonds. The number of hydrogen-bond donors (Lipinski definition) is 2. The molecule has 158 valence electrons. The largest absolute Gasteiger partial charge is 0.397 e. The summed E-state index contributed by atoms with van der Waals surface area (Å²) in [5, 5.41) is 13.4. The Morgan fingerprint density at radius 3 is 2.81 bits per heavy atom. The van der Waals surface area contributed by atoms with Crippen molar-refractivity contribution in [3.63, 3.8) is 0 Å². The van der Waals surface area contributed by atoms with Gasteiger partial charge in [-0.25, -0.2) is 0 Å². The van der Waals surface area contributed by atoms with E-state index in [0.29, 0.717) is 24.2 Å². The van der Waals surface area contributed by atoms with Gasteiger partial charge in [0, 0.05) is 30.5 Å². The van der Waals surface area contributed by atoms with Crippen molar-refractivity contribution in [1.82, 2.24) is 15.0 Å². The predicted octanol–water partition coefficient (Wildman–Crippen LogP) is 4.71. The molecule has 0 fully saturated rings. The molecule has 2 aromatic carbocycles. The SMILES string of the molecule is Cc1ccccc1CCn1cc(CCC(=O)Nc2cc(-c3cccs3)ccc2N)nn1. The van der Waals surface area contributed by atoms with Crippen LogP contribution in [0.25, 0.3) is 10.4 Å². The Morgan fingerprint density at radius 2 is 2.00 bits per heavy atom. The van der Waals surface area contributed by atoms with Crippen molar-refractivity contribution in [2.24, 2.45) is 0 Å². The van der Waals surface area contributed by atoms with E-state index >= 15 is 0 Å². The summed E-state index contributed by atoms with van der Waals surface area (Å²) in [5.41, 5.74) is 11.7. The number of carbonyl (C=O) groups excluding carboxylic acids is 1. The van der Waals surface area contributed by atoms with E-state index < -0.39 is 0 Å². The van der Waals surface area contributed by atoms with Crippen LogP contribution < -0.4 is 11.1 Å². The number of aryl methyl sites for hydroxylation is 4. The van der Waals surface area contributed by atoms with Gasteiger partial charge in [-0.1, -0.05) is 41.6 Å². The Hall–Kier alpha value is -3.45. The molecule has 2 aromatic heterocycles. The summed E-state index contributed by atoms with van der Waals surface area (Å²) < 4.78 is 1.84. The number of nitrogens with two attached hydrogens (primary N) is 1. The molecule has 4 aromatic rings. The van der Waals surface area contributed by atoms with Gasteiger partial charge in [-0.15, -0.1) is 16.4 Å². The van der Waals surface area contributed by atoms with Gasteiger partial charge < -0.3 is 11.1 Å². The number of aromatic nitrogens is 3. The average Bonchev–Trinajstić information content (AvgIpc) is 3.46. The smallest absolute Gasteiger partial charge is 0.224 e. The lowest BCUT2D eigenvalue weighted by Crippen LogP contribution is -2.13. The molecule has 31 heavy (non-hydrogen) atoms. The number of thiophene rings is 1. The third-order valence-electron chi connectivity index (χ3n) is 5.20. The summed E-state index contributed by atoms with van der Waals surface area (Å²) >= 11 is 1.65. The Bertz CT molecular complexity index is 1170. The van der Waals surface area contributed by atoms with Crippen molar-refractivity contribution in [1.29, 1.82) is 0 Å². The Labute approximate surface area is 185 Å². The fourth-order valence-electron chi connectivity index (χ4n) is 3.40. The van der Waals surface area contributed by atoms with E-state index in [1.807, 2.05) is 52.7 Å². The quantitative estimate of drug-likeness (QED) is 0.396. The molecule has 0 spiro atoms. The number of nitrogens with one attached hydrogen (secondary N) is 1. The van der Waals surface area contributed by atoms with Crippen molar-refractivity contribution in [2.45, 2.75) is 32.7 Å². The molecule has 2 heterocycles. The topological polar surface area (TPSA) is 85.8 Å². The lowest BCUT2D eigenvalue weighted by Gasteiger charge is -2.09. The van der Waals surface area contributed by atoms with Crippen molar-refractivity contribution in [3.8, 4) is 10.4 Å². The van der Waals surface area contributed by atoms with E-state index in [1.54, 1.807) is 11.3 Å². The van der Waals surface area contributed by atoms with Crippen molar-refractivity contribution >= 4 is 28.6 Å². The molecule has 0 aliphatic rings. The van der Waals surface area contributed by atoms with Crippen LogP contribution in [0.1, 0.15) is 23.2 Å². The van der Waals surface area contributed by atoms with Gasteiger partial charge in [0.05, 0.1) is 17.1 Å². The third kappa shape index (κ3) is 5.38. The van der Waals surface area contributed by atoms with Gasteiger partial charge in [0.25, 0.3) is 0 Å². The van der Waals surface area contributed by atoms with Gasteiger partial charge in [0.2, 0.25) is 5.91 Å². The second-order valence-corrected chi connectivity index (χ2v) is 8.42. The number of benzene rings is 2. The summed E-state index contributed by atoms with van der Waals surface area (Å²) in [4.78, 5) is 13.6. The molecule has 0 unspecified atom stereocenters. The van der Waals surface area contributed by atoms with Gasteiger partial charge in [-0.3, -0.25) is 9.48 Å². The molecule has 0 aliphatic heterocycles. The zero-order valence-electron chi connectivity index (χ0n) is 17.4. The highest BCUT2D eigenvalue weighted by Gasteiger charge is 2.10. The van der Waals surface area contributed by atoms with Gasteiger partial charge in [-0.2, -0.15) is 0 Å². The first-order chi connectivity index (χ1) is 15.1. The zero-order valence-corrected chi connectivity index (χ0v) is 18.2. The van der Waals surface area contributed by atoms with Crippen molar-refractivity contribution in [3.05, 3.63) is 83.0 Å². The van der Waals surface area contributed by atoms with Crippen LogP contribution in [0.15, 0.2) is 66.2 Å². The Balaban J connectivity index is 1.30. The van der Waals surface area contributed by atoms with Crippen LogP contribution in [0, 0.1) is 6.92 Å². The minimum atomic E-state index is -0.0931. The van der Waals surface area contributed by atoms with Crippen LogP contribution in [0.2, 0.25) is 0 Å². The summed E-state index contributed by atoms with van der Waals surface area (Å²) in [5.74, 6) is -0.0931. The summed E-state index contributed by atoms with van der Waals surface area (Å²) in [6.45, 7) is 2.87. The monoisotopic (exact) mass is 431 g/mol. The van der Waals surface area contributed by atoms with E-state index in [4.69, 9.17) is 5.73 Å². The van der Waals surface area contributed by atoms with E-state index in [9.17, 15) is 4.79 Å². The van der Waals surface area contributed by atoms with Gasteiger partial charge in [0.15, 0.2) is 0 Å². The first-order valence-corrected chi connectivity index (χ1v) is 11.1. The Kier molecular flexibility index (Phi) is 6.43. The highest BCUT2D eigenvalue weighted by atomic mass is 32.1. The summed E-state index contributed by atoms with van der Waals surface area (Å²) in [6, 6.07) is 18.1. The molecule has 0 bridgehead atoms. The summed E-state index contributed by atoms with van der Waals surface area (Å²) in [6.07, 6.45) is 3.66. The minimum Gasteiger partial charge on any atom is -0.397 e. The van der Waals surface area contributed by atoms with Crippen molar-refractivity contribution < 1.29 is 4.79 Å². The van der Waals surface area contributed by atoms with Crippen molar-refractivity contribution in [2.75, 3.05) is 11.1 Å². The maximum absolute atomic E-state index is 12.5. The molecule has 0 radical (unpaired) electrons. The highest BCUT2D eigenvalue weighted by Crippen LogP contribution is 2.30. The number of amides is 1. The molecular weight excluding hydrogens is 406 g/mol. The normalized spacial score (nSPS) is 10.9. The van der Waals surface area contributed by atoms with E-state index in [1.165, 1.54) is 11.1 Å². The van der Waals surface area contributed by atoms with E-state index in [0.717, 1.165) is 29.1 Å². The number of rotatable bonds is 8. The fourth-order valence-corrected chi connectivity index (χ4v) is 4.13. The molecule has 7 heteroatoms. The van der Waals surface area contributed by atoms with E-state index in [-0.39, 0.29) is 5.91 Å². The first-order valence-electron chi connectivity index (χ1n) is 10.3. The van der Waals surface area contributed by atoms with Crippen LogP contribution in [0.5, 0.6) is 0 Å². The van der Waals surface area contributed by atoms with Crippen LogP contribution in [-0.2, 0) is 24.2 Å². The first kappa shape index (κ1) is 20.8. The molecule has 0 saturated heterocycles. The number of nitrogens with zero attached hydrogens (tertiary/aromatic N) is 3. The zero-order chi connectivity index (χ0) is 21.6. The number of nitrogen functional groups attached to an aromatic ring is 1. The van der Waals surface area contributed by atoms with E-state index in [2.05, 4.69) is 40.8 Å². The van der Waals surface area contributed by atoms with Crippen LogP contribution in [0.3, 0.4) is 0 Å². The molecule has 4 rings (SSSR count). The third-order valence-corrected chi connectivity index (χ3v) is 6.12. The predicted molar refractivity (Wildman–Crippen MR) is 126 cm³/mol. The molecule has 0 atom stereocenters. The second-order valence-electron chi connectivity index (χ2n) is 7.48. The van der Waals surface area contributed by atoms with Crippen LogP contribution in [-0.4, -0.2) is 20.9 Å². The lowest BCUT2D eigenvalue weighted by atomic mass is 10.1. The minimum absolute atomic E-state index is 0.0931. The highest BCUT2D eigenvalue weighted by molar-refractivity contribution is 7.13. The Morgan fingerprint density at radius 1 is 1.13 bits per heavy atom. The number of carbonyl (C=O) groups is 1. The fraction of sp³-hybridized carbons (Fsp3) is 0.208. The van der Waals surface area contributed by atoms with Gasteiger partial charge >= 0.3 is 0 Å². The maximum Gasteiger partial charge on any atom is 0.224 e. The molecular formula is C24H25N5OS. The number of anilines is 2. The lowest BCUT2D eigenvalue weighted by molar-refractivity contribution is -0.116. The van der Waals surface area contributed by atoms with Gasteiger partial charge in [-0.05, 0) is 53.6 Å². The number of hydrogen-bond acceptors (Lipinski definition) is 5. The van der Waals surface area contributed by atoms with Crippen LogP contribution >= 0.6 is 11.3 Å². The van der Waals surface area contributed by atoms with Crippen LogP contribution in [0.4, 0.5) is 11.4 Å². The summed E-state index contributed by atoms with van der Waals surface area (Å²) in [7, 11) is 0. The molecule has 0 aliphatic carbocycles. The molecule has 0 saturated carbocycles. The van der Waals surface area contributed by atoms with Gasteiger partial charge in [0.1, 0.15) is 0 Å². The second kappa shape index (κ2) is 9.57. The maximum atomic E-state index is 12.5. The molecule has 6 nitrogen and oxygen atoms in total. The standard InChI is InChI=1S/C24H25N5OS/c1-17-5-2-3-6-18(17)12-13-29-16-20(27-28-29)9-11-24(30)26-22-15-19(8-10-21(22)25)23-7-4-14-31-23/h2-8,10,14-16H,9,11-13,25H2,1H3,(H,26,30). The average molecular weight is 432 g/mol. The molecule has 3 N–H and O–H groups in total.